The molecule has 0 heterocycles. The Kier molecular flexibility index (Phi) is 14.3. The van der Waals surface area contributed by atoms with E-state index in [1.807, 2.05) is 37.5 Å². The minimum Gasteiger partial charge on any atom is -0.343 e. The van der Waals surface area contributed by atoms with Gasteiger partial charge >= 0.3 is 0 Å². The lowest BCUT2D eigenvalue weighted by atomic mass is 10.2. The van der Waals surface area contributed by atoms with E-state index in [0.717, 1.165) is 38.8 Å². The van der Waals surface area contributed by atoms with E-state index in [0.29, 0.717) is 12.1 Å². The quantitative estimate of drug-likeness (QED) is 0.677. The Bertz CT molecular complexity index is 285. The number of carbonyl (C=O) groups is 2. The second-order valence-corrected chi connectivity index (χ2v) is 6.33. The first-order chi connectivity index (χ1) is 10.2. The van der Waals surface area contributed by atoms with Gasteiger partial charge in [0.25, 0.3) is 0 Å². The van der Waals surface area contributed by atoms with Crippen LogP contribution in [-0.4, -0.2) is 46.8 Å². The van der Waals surface area contributed by atoms with Crippen LogP contribution < -0.4 is 0 Å². The summed E-state index contributed by atoms with van der Waals surface area (Å²) in [6, 6.07) is 0.634. The average Bonchev–Trinajstić information content (AvgIpc) is 2.37. The maximum Gasteiger partial charge on any atom is 0.219 e. The van der Waals surface area contributed by atoms with Crippen LogP contribution in [0, 0.1) is 0 Å². The zero-order valence-corrected chi connectivity index (χ0v) is 16.1. The Hall–Kier alpha value is -1.06. The third kappa shape index (κ3) is 11.6. The topological polar surface area (TPSA) is 40.6 Å². The summed E-state index contributed by atoms with van der Waals surface area (Å²) in [6.07, 6.45) is 4.58. The van der Waals surface area contributed by atoms with Gasteiger partial charge in [-0.1, -0.05) is 26.7 Å². The van der Waals surface area contributed by atoms with Crippen molar-refractivity contribution in [3.05, 3.63) is 0 Å². The first-order valence-corrected chi connectivity index (χ1v) is 8.73. The number of unbranched alkanes of at least 4 members (excludes halogenated alkanes) is 2. The molecule has 4 heteroatoms. The summed E-state index contributed by atoms with van der Waals surface area (Å²) in [5, 5.41) is 0. The Morgan fingerprint density at radius 3 is 1.27 bits per heavy atom. The van der Waals surface area contributed by atoms with Crippen molar-refractivity contribution in [1.29, 1.82) is 0 Å². The predicted octanol–water partition coefficient (Wildman–Crippen LogP) is 4.09. The van der Waals surface area contributed by atoms with Crippen molar-refractivity contribution in [2.75, 3.05) is 13.1 Å². The maximum absolute atomic E-state index is 11.1. The molecule has 0 fully saturated rings. The van der Waals surface area contributed by atoms with Gasteiger partial charge in [0.05, 0.1) is 0 Å². The van der Waals surface area contributed by atoms with Gasteiger partial charge in [-0.2, -0.15) is 0 Å². The SMILES string of the molecule is CC(=O)N(C(C)C)C(C)C.CCCCN(CCCC)C(C)=O. The van der Waals surface area contributed by atoms with Crippen LogP contribution in [0.5, 0.6) is 0 Å². The fourth-order valence-corrected chi connectivity index (χ4v) is 2.45. The molecular formula is C18H38N2O2. The molecule has 132 valence electrons. The van der Waals surface area contributed by atoms with E-state index in [9.17, 15) is 9.59 Å². The van der Waals surface area contributed by atoms with Crippen LogP contribution in [0.3, 0.4) is 0 Å². The van der Waals surface area contributed by atoms with Gasteiger partial charge in [0, 0.05) is 39.0 Å². The molecule has 0 atom stereocenters. The highest BCUT2D eigenvalue weighted by Crippen LogP contribution is 2.04. The first kappa shape index (κ1) is 23.2. The minimum absolute atomic E-state index is 0.157. The van der Waals surface area contributed by atoms with E-state index >= 15 is 0 Å². The highest BCUT2D eigenvalue weighted by Gasteiger charge is 2.14. The van der Waals surface area contributed by atoms with Gasteiger partial charge in [-0.25, -0.2) is 0 Å². The van der Waals surface area contributed by atoms with Crippen molar-refractivity contribution in [2.24, 2.45) is 0 Å². The Labute approximate surface area is 138 Å². The number of carbonyl (C=O) groups excluding carboxylic acids is 2. The summed E-state index contributed by atoms with van der Waals surface area (Å²) in [7, 11) is 0. The van der Waals surface area contributed by atoms with Crippen molar-refractivity contribution in [2.45, 2.75) is 93.2 Å². The standard InChI is InChI=1S/C10H21NO.C8H17NO/c1-4-6-8-11(10(3)12)9-7-5-2;1-6(2)9(7(3)4)8(5)10/h4-9H2,1-3H3;6-7H,1-5H3. The molecule has 0 aromatic rings. The van der Waals surface area contributed by atoms with E-state index < -0.39 is 0 Å². The largest absolute Gasteiger partial charge is 0.343 e. The van der Waals surface area contributed by atoms with Crippen LogP contribution in [0.15, 0.2) is 0 Å². The van der Waals surface area contributed by atoms with Crippen LogP contribution in [0.4, 0.5) is 0 Å². The number of hydrogen-bond acceptors (Lipinski definition) is 2. The third-order valence-corrected chi connectivity index (χ3v) is 3.48. The predicted molar refractivity (Wildman–Crippen MR) is 94.9 cm³/mol. The molecule has 0 unspecified atom stereocenters. The monoisotopic (exact) mass is 314 g/mol. The fourth-order valence-electron chi connectivity index (χ4n) is 2.45. The maximum atomic E-state index is 11.1. The highest BCUT2D eigenvalue weighted by atomic mass is 16.2. The highest BCUT2D eigenvalue weighted by molar-refractivity contribution is 5.73. The molecule has 0 aliphatic heterocycles. The van der Waals surface area contributed by atoms with Gasteiger partial charge in [-0.3, -0.25) is 9.59 Å². The second kappa shape index (κ2) is 13.6. The Morgan fingerprint density at radius 1 is 0.773 bits per heavy atom. The van der Waals surface area contributed by atoms with Gasteiger partial charge in [0.1, 0.15) is 0 Å². The lowest BCUT2D eigenvalue weighted by molar-refractivity contribution is -0.132. The molecule has 0 radical (unpaired) electrons. The normalized spacial score (nSPS) is 10.3. The molecular weight excluding hydrogens is 276 g/mol. The van der Waals surface area contributed by atoms with Gasteiger partial charge in [-0.15, -0.1) is 0 Å². The van der Waals surface area contributed by atoms with Crippen LogP contribution in [0.2, 0.25) is 0 Å². The molecule has 0 saturated carbocycles. The van der Waals surface area contributed by atoms with Crippen LogP contribution in [0.1, 0.15) is 81.1 Å². The molecule has 22 heavy (non-hydrogen) atoms. The van der Waals surface area contributed by atoms with Crippen molar-refractivity contribution in [3.8, 4) is 0 Å². The summed E-state index contributed by atoms with van der Waals surface area (Å²) in [6.45, 7) is 17.6. The molecule has 4 nitrogen and oxygen atoms in total. The fraction of sp³-hybridized carbons (Fsp3) is 0.889. The minimum atomic E-state index is 0.157. The number of rotatable bonds is 8. The molecule has 2 amide bonds. The number of nitrogens with zero attached hydrogens (tertiary/aromatic N) is 2. The summed E-state index contributed by atoms with van der Waals surface area (Å²) in [5.74, 6) is 0.377. The average molecular weight is 315 g/mol. The molecule has 0 bridgehead atoms. The summed E-state index contributed by atoms with van der Waals surface area (Å²) in [4.78, 5) is 25.8. The molecule has 0 spiro atoms. The van der Waals surface area contributed by atoms with Gasteiger partial charge < -0.3 is 9.80 Å². The third-order valence-electron chi connectivity index (χ3n) is 3.48. The molecule has 0 aliphatic carbocycles. The van der Waals surface area contributed by atoms with Crippen molar-refractivity contribution in [3.63, 3.8) is 0 Å². The van der Waals surface area contributed by atoms with Gasteiger partial charge in [0.15, 0.2) is 0 Å². The van der Waals surface area contributed by atoms with E-state index in [1.54, 1.807) is 13.8 Å². The van der Waals surface area contributed by atoms with Crippen LogP contribution in [0.25, 0.3) is 0 Å². The van der Waals surface area contributed by atoms with E-state index in [1.165, 1.54) is 0 Å². The molecule has 0 N–H and O–H groups in total. The molecule has 0 rings (SSSR count). The molecule has 0 aromatic carbocycles. The number of hydrogen-bond donors (Lipinski definition) is 0. The zero-order chi connectivity index (χ0) is 17.7. The van der Waals surface area contributed by atoms with Crippen molar-refractivity contribution >= 4 is 11.8 Å². The Balaban J connectivity index is 0. The van der Waals surface area contributed by atoms with E-state index in [2.05, 4.69) is 13.8 Å². The number of amides is 2. The first-order valence-electron chi connectivity index (χ1n) is 8.73. The van der Waals surface area contributed by atoms with Gasteiger partial charge in [-0.05, 0) is 40.5 Å². The summed E-state index contributed by atoms with van der Waals surface area (Å²) >= 11 is 0. The smallest absolute Gasteiger partial charge is 0.219 e. The second-order valence-electron chi connectivity index (χ2n) is 6.33. The van der Waals surface area contributed by atoms with Gasteiger partial charge in [0.2, 0.25) is 11.8 Å². The molecule has 0 saturated heterocycles. The molecule has 0 aliphatic rings. The van der Waals surface area contributed by atoms with E-state index in [4.69, 9.17) is 0 Å². The van der Waals surface area contributed by atoms with Crippen LogP contribution in [-0.2, 0) is 9.59 Å². The Morgan fingerprint density at radius 2 is 1.14 bits per heavy atom. The lowest BCUT2D eigenvalue weighted by Gasteiger charge is -2.29. The summed E-state index contributed by atoms with van der Waals surface area (Å²) < 4.78 is 0. The zero-order valence-electron chi connectivity index (χ0n) is 16.1. The molecule has 0 aromatic heterocycles. The van der Waals surface area contributed by atoms with Crippen molar-refractivity contribution in [1.82, 2.24) is 9.80 Å². The van der Waals surface area contributed by atoms with E-state index in [-0.39, 0.29) is 11.8 Å². The van der Waals surface area contributed by atoms with Crippen molar-refractivity contribution < 1.29 is 9.59 Å². The summed E-state index contributed by atoms with van der Waals surface area (Å²) in [5.41, 5.74) is 0. The lowest BCUT2D eigenvalue weighted by Crippen LogP contribution is -2.40. The van der Waals surface area contributed by atoms with Crippen LogP contribution >= 0.6 is 0 Å².